The Morgan fingerprint density at radius 3 is 2.47 bits per heavy atom. The highest BCUT2D eigenvalue weighted by Gasteiger charge is 2.28. The summed E-state index contributed by atoms with van der Waals surface area (Å²) in [7, 11) is 3.31. The minimum atomic E-state index is -4.37. The highest BCUT2D eigenvalue weighted by atomic mass is 127. The van der Waals surface area contributed by atoms with E-state index in [1.54, 1.807) is 37.3 Å². The molecule has 0 fully saturated rings. The number of amides is 1. The number of nitrogens with zero attached hydrogens (tertiary/aromatic N) is 3. The number of rotatable bonds is 9. The lowest BCUT2D eigenvalue weighted by atomic mass is 10.2. The summed E-state index contributed by atoms with van der Waals surface area (Å²) in [4.78, 5) is 22.2. The molecule has 1 amide bonds. The number of aromatic nitrogens is 1. The molecule has 1 aromatic carbocycles. The van der Waals surface area contributed by atoms with Crippen LogP contribution in [0.4, 0.5) is 13.2 Å². The van der Waals surface area contributed by atoms with E-state index in [-0.39, 0.29) is 42.2 Å². The number of ether oxygens (including phenoxy) is 1. The minimum absolute atomic E-state index is 0. The lowest BCUT2D eigenvalue weighted by Crippen LogP contribution is -2.43. The number of alkyl halides is 3. The number of aliphatic imine (C=N–C) groups is 1. The van der Waals surface area contributed by atoms with Crippen LogP contribution in [0.15, 0.2) is 53.7 Å². The summed E-state index contributed by atoms with van der Waals surface area (Å²) in [5, 5.41) is 6.00. The molecule has 0 aliphatic heterocycles. The number of hydrogen-bond acceptors (Lipinski definition) is 4. The number of pyridine rings is 1. The van der Waals surface area contributed by atoms with Gasteiger partial charge < -0.3 is 20.3 Å². The van der Waals surface area contributed by atoms with Crippen LogP contribution in [0.1, 0.15) is 11.3 Å². The van der Waals surface area contributed by atoms with E-state index >= 15 is 0 Å². The summed E-state index contributed by atoms with van der Waals surface area (Å²) in [5.41, 5.74) is 1.74. The van der Waals surface area contributed by atoms with Crippen LogP contribution < -0.4 is 15.4 Å². The number of benzene rings is 1. The Balaban J connectivity index is 0.00000512. The van der Waals surface area contributed by atoms with E-state index in [9.17, 15) is 18.0 Å². The number of likely N-dealkylation sites (N-methyl/N-ethyl adjacent to an activating group) is 1. The molecule has 0 bridgehead atoms. The van der Waals surface area contributed by atoms with Crippen molar-refractivity contribution in [2.45, 2.75) is 19.1 Å². The number of halogens is 4. The topological polar surface area (TPSA) is 78.9 Å². The quantitative estimate of drug-likeness (QED) is 0.278. The molecule has 0 aliphatic carbocycles. The monoisotopic (exact) mass is 565 g/mol. The van der Waals surface area contributed by atoms with Crippen molar-refractivity contribution in [3.63, 3.8) is 0 Å². The zero-order valence-corrected chi connectivity index (χ0v) is 20.2. The molecule has 0 saturated carbocycles. The van der Waals surface area contributed by atoms with E-state index in [2.05, 4.69) is 25.3 Å². The SMILES string of the molecule is CN=C(NCC(=O)N(C)CCc1ccccn1)NCc1ccc(OCC(F)(F)F)cc1.I. The fraction of sp³-hybridized carbons (Fsp3) is 0.381. The normalized spacial score (nSPS) is 11.3. The van der Waals surface area contributed by atoms with Crippen LogP contribution in [0.2, 0.25) is 0 Å². The van der Waals surface area contributed by atoms with Gasteiger partial charge in [0.25, 0.3) is 0 Å². The summed E-state index contributed by atoms with van der Waals surface area (Å²) in [6, 6.07) is 11.9. The van der Waals surface area contributed by atoms with E-state index in [0.29, 0.717) is 25.5 Å². The first kappa shape index (κ1) is 27.5. The van der Waals surface area contributed by atoms with Crippen molar-refractivity contribution in [1.29, 1.82) is 0 Å². The van der Waals surface area contributed by atoms with Crippen LogP contribution in [-0.2, 0) is 17.8 Å². The maximum absolute atomic E-state index is 12.3. The van der Waals surface area contributed by atoms with Gasteiger partial charge in [-0.25, -0.2) is 0 Å². The number of guanidine groups is 1. The molecule has 32 heavy (non-hydrogen) atoms. The molecule has 2 aromatic rings. The fourth-order valence-electron chi connectivity index (χ4n) is 2.52. The standard InChI is InChI=1S/C21H26F3N5O2.HI/c1-25-20(27-13-16-6-8-18(9-7-16)31-15-21(22,23)24)28-14-19(30)29(2)12-10-17-5-3-4-11-26-17;/h3-9,11H,10,12-15H2,1-2H3,(H2,25,27,28);1H. The summed E-state index contributed by atoms with van der Waals surface area (Å²) >= 11 is 0. The third-order valence-corrected chi connectivity index (χ3v) is 4.27. The molecule has 0 unspecified atom stereocenters. The molecule has 0 saturated heterocycles. The van der Waals surface area contributed by atoms with Gasteiger partial charge in [-0.3, -0.25) is 14.8 Å². The second-order valence-electron chi connectivity index (χ2n) is 6.71. The van der Waals surface area contributed by atoms with Gasteiger partial charge in [0.15, 0.2) is 12.6 Å². The molecule has 2 N–H and O–H groups in total. The summed E-state index contributed by atoms with van der Waals surface area (Å²) in [6.45, 7) is -0.330. The maximum Gasteiger partial charge on any atom is 0.422 e. The number of hydrogen-bond donors (Lipinski definition) is 2. The van der Waals surface area contributed by atoms with Crippen molar-refractivity contribution in [2.75, 3.05) is 33.8 Å². The molecule has 0 atom stereocenters. The predicted octanol–water partition coefficient (Wildman–Crippen LogP) is 3.01. The van der Waals surface area contributed by atoms with Gasteiger partial charge in [0.05, 0.1) is 6.54 Å². The van der Waals surface area contributed by atoms with Gasteiger partial charge in [0, 0.05) is 45.5 Å². The van der Waals surface area contributed by atoms with Crippen LogP contribution in [0, 0.1) is 0 Å². The van der Waals surface area contributed by atoms with Gasteiger partial charge in [0.2, 0.25) is 5.91 Å². The van der Waals surface area contributed by atoms with Crippen molar-refractivity contribution in [1.82, 2.24) is 20.5 Å². The second-order valence-corrected chi connectivity index (χ2v) is 6.71. The van der Waals surface area contributed by atoms with E-state index in [0.717, 1.165) is 11.3 Å². The van der Waals surface area contributed by atoms with Gasteiger partial charge in [-0.2, -0.15) is 13.2 Å². The third-order valence-electron chi connectivity index (χ3n) is 4.27. The molecule has 0 spiro atoms. The summed E-state index contributed by atoms with van der Waals surface area (Å²) in [6.07, 6.45) is -1.99. The Kier molecular flexibility index (Phi) is 11.8. The van der Waals surface area contributed by atoms with Gasteiger partial charge in [0.1, 0.15) is 5.75 Å². The average Bonchev–Trinajstić information content (AvgIpc) is 2.77. The van der Waals surface area contributed by atoms with Crippen LogP contribution in [0.5, 0.6) is 5.75 Å². The molecule has 7 nitrogen and oxygen atoms in total. The highest BCUT2D eigenvalue weighted by molar-refractivity contribution is 14.0. The highest BCUT2D eigenvalue weighted by Crippen LogP contribution is 2.18. The Bertz CT molecular complexity index is 849. The maximum atomic E-state index is 12.3. The predicted molar refractivity (Wildman–Crippen MR) is 127 cm³/mol. The zero-order chi connectivity index (χ0) is 22.7. The second kappa shape index (κ2) is 13.8. The lowest BCUT2D eigenvalue weighted by Gasteiger charge is -2.18. The first-order chi connectivity index (χ1) is 14.8. The Morgan fingerprint density at radius 1 is 1.16 bits per heavy atom. The number of carbonyl (C=O) groups is 1. The average molecular weight is 565 g/mol. The minimum Gasteiger partial charge on any atom is -0.484 e. The Hall–Kier alpha value is -2.57. The lowest BCUT2D eigenvalue weighted by molar-refractivity contribution is -0.153. The van der Waals surface area contributed by atoms with Crippen LogP contribution in [-0.4, -0.2) is 61.7 Å². The third kappa shape index (κ3) is 10.6. The molecule has 1 heterocycles. The van der Waals surface area contributed by atoms with Crippen molar-refractivity contribution < 1.29 is 22.7 Å². The van der Waals surface area contributed by atoms with E-state index in [4.69, 9.17) is 0 Å². The van der Waals surface area contributed by atoms with Crippen LogP contribution >= 0.6 is 24.0 Å². The smallest absolute Gasteiger partial charge is 0.422 e. The van der Waals surface area contributed by atoms with Crippen molar-refractivity contribution in [2.24, 2.45) is 4.99 Å². The van der Waals surface area contributed by atoms with Crippen molar-refractivity contribution in [3.05, 3.63) is 59.9 Å². The van der Waals surface area contributed by atoms with Crippen LogP contribution in [0.25, 0.3) is 0 Å². The Labute approximate surface area is 202 Å². The molecule has 11 heteroatoms. The molecule has 0 radical (unpaired) electrons. The molecule has 176 valence electrons. The molecule has 1 aromatic heterocycles. The molecule has 0 aliphatic rings. The van der Waals surface area contributed by atoms with E-state index < -0.39 is 12.8 Å². The first-order valence-corrected chi connectivity index (χ1v) is 9.63. The van der Waals surface area contributed by atoms with Gasteiger partial charge in [-0.1, -0.05) is 18.2 Å². The van der Waals surface area contributed by atoms with Gasteiger partial charge in [-0.05, 0) is 29.8 Å². The summed E-state index contributed by atoms with van der Waals surface area (Å²) < 4.78 is 41.2. The fourth-order valence-corrected chi connectivity index (χ4v) is 2.52. The van der Waals surface area contributed by atoms with Gasteiger partial charge in [-0.15, -0.1) is 24.0 Å². The number of nitrogens with one attached hydrogen (secondary N) is 2. The molecule has 2 rings (SSSR count). The van der Waals surface area contributed by atoms with Crippen molar-refractivity contribution in [3.8, 4) is 5.75 Å². The van der Waals surface area contributed by atoms with E-state index in [1.165, 1.54) is 12.1 Å². The van der Waals surface area contributed by atoms with Gasteiger partial charge >= 0.3 is 6.18 Å². The summed E-state index contributed by atoms with van der Waals surface area (Å²) in [5.74, 6) is 0.483. The van der Waals surface area contributed by atoms with Crippen molar-refractivity contribution >= 4 is 35.8 Å². The first-order valence-electron chi connectivity index (χ1n) is 9.63. The number of carbonyl (C=O) groups excluding carboxylic acids is 1. The zero-order valence-electron chi connectivity index (χ0n) is 17.9. The van der Waals surface area contributed by atoms with Crippen LogP contribution in [0.3, 0.4) is 0 Å². The molecular formula is C21H27F3IN5O2. The molecular weight excluding hydrogens is 538 g/mol. The Morgan fingerprint density at radius 2 is 1.88 bits per heavy atom. The van der Waals surface area contributed by atoms with E-state index in [1.807, 2.05) is 18.2 Å². The largest absolute Gasteiger partial charge is 0.484 e.